The van der Waals surface area contributed by atoms with E-state index in [1.54, 1.807) is 13.0 Å². The zero-order chi connectivity index (χ0) is 20.1. The summed E-state index contributed by atoms with van der Waals surface area (Å²) in [7, 11) is 4.43. The molecule has 8 nitrogen and oxygen atoms in total. The van der Waals surface area contributed by atoms with Crippen LogP contribution in [0, 0.1) is 0 Å². The van der Waals surface area contributed by atoms with Gasteiger partial charge in [0.25, 0.3) is 5.89 Å². The van der Waals surface area contributed by atoms with Crippen molar-refractivity contribution >= 4 is 5.97 Å². The van der Waals surface area contributed by atoms with Gasteiger partial charge < -0.3 is 23.4 Å². The summed E-state index contributed by atoms with van der Waals surface area (Å²) < 4.78 is 26.8. The van der Waals surface area contributed by atoms with Crippen LogP contribution < -0.4 is 14.2 Å². The molecule has 3 aromatic rings. The Labute approximate surface area is 162 Å². The molecular weight excluding hydrogens is 364 g/mol. The Morgan fingerprint density at radius 1 is 0.929 bits per heavy atom. The molecule has 0 amide bonds. The minimum absolute atomic E-state index is 0.187. The fourth-order valence-corrected chi connectivity index (χ4v) is 2.56. The van der Waals surface area contributed by atoms with E-state index in [0.717, 1.165) is 5.56 Å². The maximum absolute atomic E-state index is 12.7. The van der Waals surface area contributed by atoms with E-state index in [4.69, 9.17) is 23.4 Å². The Morgan fingerprint density at radius 3 is 2.21 bits per heavy atom. The summed E-state index contributed by atoms with van der Waals surface area (Å²) in [6, 6.07) is 12.4. The second-order valence-corrected chi connectivity index (χ2v) is 5.77. The highest BCUT2D eigenvalue weighted by atomic mass is 16.6. The molecule has 8 heteroatoms. The van der Waals surface area contributed by atoms with Gasteiger partial charge >= 0.3 is 5.97 Å². The van der Waals surface area contributed by atoms with Gasteiger partial charge in [-0.05, 0) is 19.1 Å². The fraction of sp³-hybridized carbons (Fsp3) is 0.250. The van der Waals surface area contributed by atoms with Crippen LogP contribution in [-0.4, -0.2) is 37.5 Å². The monoisotopic (exact) mass is 384 g/mol. The topological polar surface area (TPSA) is 92.9 Å². The molecule has 0 N–H and O–H groups in total. The predicted molar refractivity (Wildman–Crippen MR) is 99.7 cm³/mol. The normalized spacial score (nSPS) is 11.6. The molecule has 0 aliphatic rings. The van der Waals surface area contributed by atoms with Crippen molar-refractivity contribution in [1.82, 2.24) is 10.2 Å². The fourth-order valence-electron chi connectivity index (χ4n) is 2.56. The lowest BCUT2D eigenvalue weighted by Gasteiger charge is -2.15. The van der Waals surface area contributed by atoms with Crippen LogP contribution in [0.2, 0.25) is 0 Å². The second-order valence-electron chi connectivity index (χ2n) is 5.77. The van der Waals surface area contributed by atoms with E-state index in [2.05, 4.69) is 10.2 Å². The van der Waals surface area contributed by atoms with Crippen LogP contribution in [0.25, 0.3) is 11.5 Å². The number of carbonyl (C=O) groups excluding carboxylic acids is 1. The number of carbonyl (C=O) groups is 1. The largest absolute Gasteiger partial charge is 0.496 e. The van der Waals surface area contributed by atoms with Gasteiger partial charge in [-0.2, -0.15) is 0 Å². The molecule has 1 atom stereocenters. The summed E-state index contributed by atoms with van der Waals surface area (Å²) in [4.78, 5) is 12.7. The Morgan fingerprint density at radius 2 is 1.57 bits per heavy atom. The zero-order valence-electron chi connectivity index (χ0n) is 16.0. The summed E-state index contributed by atoms with van der Waals surface area (Å²) in [6.45, 7) is 1.65. The maximum Gasteiger partial charge on any atom is 0.342 e. The molecule has 28 heavy (non-hydrogen) atoms. The molecule has 0 aliphatic carbocycles. The number of nitrogens with zero attached hydrogens (tertiary/aromatic N) is 2. The lowest BCUT2D eigenvalue weighted by atomic mass is 10.1. The standard InChI is InChI=1S/C20H20N2O6/c1-12(18-21-22-19(28-18)13-8-6-5-7-9-13)27-20(23)14-10-16(25-3)17(26-4)11-15(14)24-2/h5-12H,1-4H3/t12-/m0/s1. The van der Waals surface area contributed by atoms with E-state index >= 15 is 0 Å². The van der Waals surface area contributed by atoms with Gasteiger partial charge in [0.15, 0.2) is 17.6 Å². The van der Waals surface area contributed by atoms with Crippen LogP contribution in [0.5, 0.6) is 17.2 Å². The summed E-state index contributed by atoms with van der Waals surface area (Å²) in [5, 5.41) is 7.98. The molecule has 0 radical (unpaired) electrons. The van der Waals surface area contributed by atoms with Crippen LogP contribution in [0.3, 0.4) is 0 Å². The maximum atomic E-state index is 12.7. The smallest absolute Gasteiger partial charge is 0.342 e. The third-order valence-electron chi connectivity index (χ3n) is 4.02. The van der Waals surface area contributed by atoms with Crippen LogP contribution in [0.15, 0.2) is 46.9 Å². The van der Waals surface area contributed by atoms with Gasteiger partial charge in [0.1, 0.15) is 11.3 Å². The first kappa shape index (κ1) is 19.2. The average molecular weight is 384 g/mol. The first-order chi connectivity index (χ1) is 13.6. The van der Waals surface area contributed by atoms with E-state index in [1.807, 2.05) is 30.3 Å². The molecule has 0 saturated carbocycles. The minimum Gasteiger partial charge on any atom is -0.496 e. The van der Waals surface area contributed by atoms with E-state index in [1.165, 1.54) is 27.4 Å². The number of hydrogen-bond donors (Lipinski definition) is 0. The van der Waals surface area contributed by atoms with Gasteiger partial charge in [-0.3, -0.25) is 0 Å². The molecule has 0 spiro atoms. The number of hydrogen-bond acceptors (Lipinski definition) is 8. The molecule has 0 fully saturated rings. The number of rotatable bonds is 7. The predicted octanol–water partition coefficient (Wildman–Crippen LogP) is 3.68. The molecule has 1 heterocycles. The highest BCUT2D eigenvalue weighted by molar-refractivity contribution is 5.93. The Balaban J connectivity index is 1.80. The van der Waals surface area contributed by atoms with Crippen LogP contribution >= 0.6 is 0 Å². The van der Waals surface area contributed by atoms with E-state index in [9.17, 15) is 4.79 Å². The average Bonchev–Trinajstić information content (AvgIpc) is 3.23. The molecular formula is C20H20N2O6. The minimum atomic E-state index is -0.754. The molecule has 146 valence electrons. The number of ether oxygens (including phenoxy) is 4. The highest BCUT2D eigenvalue weighted by Crippen LogP contribution is 2.35. The number of benzene rings is 2. The first-order valence-electron chi connectivity index (χ1n) is 8.47. The van der Waals surface area contributed by atoms with Gasteiger partial charge in [0.05, 0.1) is 21.3 Å². The molecule has 3 rings (SSSR count). The van der Waals surface area contributed by atoms with Gasteiger partial charge in [0, 0.05) is 17.7 Å². The van der Waals surface area contributed by atoms with Crippen LogP contribution in [0.1, 0.15) is 29.3 Å². The lowest BCUT2D eigenvalue weighted by molar-refractivity contribution is 0.0276. The van der Waals surface area contributed by atoms with Crippen molar-refractivity contribution in [2.45, 2.75) is 13.0 Å². The van der Waals surface area contributed by atoms with Crippen molar-refractivity contribution in [2.75, 3.05) is 21.3 Å². The van der Waals surface area contributed by atoms with Crippen LogP contribution in [0.4, 0.5) is 0 Å². The van der Waals surface area contributed by atoms with E-state index < -0.39 is 12.1 Å². The van der Waals surface area contributed by atoms with Gasteiger partial charge in [-0.1, -0.05) is 18.2 Å². The van der Waals surface area contributed by atoms with Crippen molar-refractivity contribution < 1.29 is 28.2 Å². The molecule has 1 aromatic heterocycles. The number of esters is 1. The molecule has 2 aromatic carbocycles. The van der Waals surface area contributed by atoms with Crippen LogP contribution in [-0.2, 0) is 4.74 Å². The van der Waals surface area contributed by atoms with Gasteiger partial charge in [0.2, 0.25) is 5.89 Å². The van der Waals surface area contributed by atoms with Crippen molar-refractivity contribution in [3.8, 4) is 28.7 Å². The number of methoxy groups -OCH3 is 3. The Bertz CT molecular complexity index is 955. The third-order valence-corrected chi connectivity index (χ3v) is 4.02. The third kappa shape index (κ3) is 3.90. The quantitative estimate of drug-likeness (QED) is 0.570. The van der Waals surface area contributed by atoms with E-state index in [0.29, 0.717) is 23.1 Å². The molecule has 0 saturated heterocycles. The van der Waals surface area contributed by atoms with Crippen molar-refractivity contribution in [3.05, 3.63) is 53.9 Å². The second kappa shape index (κ2) is 8.43. The van der Waals surface area contributed by atoms with Crippen molar-refractivity contribution in [1.29, 1.82) is 0 Å². The Kier molecular flexibility index (Phi) is 5.78. The summed E-state index contributed by atoms with van der Waals surface area (Å²) in [5.74, 6) is 1.03. The first-order valence-corrected chi connectivity index (χ1v) is 8.47. The van der Waals surface area contributed by atoms with E-state index in [-0.39, 0.29) is 11.5 Å². The summed E-state index contributed by atoms with van der Waals surface area (Å²) >= 11 is 0. The Hall–Kier alpha value is -3.55. The SMILES string of the molecule is COc1cc(OC)c(C(=O)O[C@@H](C)c2nnc(-c3ccccc3)o2)cc1OC. The van der Waals surface area contributed by atoms with Gasteiger partial charge in [-0.25, -0.2) is 4.79 Å². The molecule has 0 bridgehead atoms. The molecule has 0 unspecified atom stereocenters. The highest BCUT2D eigenvalue weighted by Gasteiger charge is 2.24. The summed E-state index contributed by atoms with van der Waals surface area (Å²) in [5.41, 5.74) is 0.969. The van der Waals surface area contributed by atoms with Crippen molar-refractivity contribution in [3.63, 3.8) is 0 Å². The number of aromatic nitrogens is 2. The molecule has 0 aliphatic heterocycles. The van der Waals surface area contributed by atoms with Crippen molar-refractivity contribution in [2.24, 2.45) is 0 Å². The zero-order valence-corrected chi connectivity index (χ0v) is 16.0. The summed E-state index contributed by atoms with van der Waals surface area (Å²) in [6.07, 6.45) is -0.754. The van der Waals surface area contributed by atoms with Gasteiger partial charge in [-0.15, -0.1) is 10.2 Å². The lowest BCUT2D eigenvalue weighted by Crippen LogP contribution is -2.11.